The zero-order valence-electron chi connectivity index (χ0n) is 15.2. The van der Waals surface area contributed by atoms with Crippen LogP contribution in [0.4, 0.5) is 0 Å². The zero-order valence-corrected chi connectivity index (χ0v) is 15.2. The first-order valence-corrected chi connectivity index (χ1v) is 9.50. The number of unbranched alkanes of at least 4 members (excludes halogenated alkanes) is 7. The average Bonchev–Trinajstić information content (AvgIpc) is 2.64. The molecule has 0 aliphatic rings. The number of benzene rings is 1. The second kappa shape index (κ2) is 10.7. The minimum Gasteiger partial charge on any atom is -0.478 e. The number of carbonyl (C=O) groups is 1. The van der Waals surface area contributed by atoms with Crippen molar-refractivity contribution in [1.29, 1.82) is 0 Å². The molecule has 0 saturated carbocycles. The molecule has 0 bridgehead atoms. The van der Waals surface area contributed by atoms with E-state index in [1.54, 1.807) is 12.1 Å². The third-order valence-electron chi connectivity index (χ3n) is 4.52. The molecule has 1 N–H and O–H groups in total. The highest BCUT2D eigenvalue weighted by Crippen LogP contribution is 2.19. The van der Waals surface area contributed by atoms with Gasteiger partial charge in [0.1, 0.15) is 0 Å². The molecular formula is C22H29NO2. The van der Waals surface area contributed by atoms with Crippen LogP contribution in [0.15, 0.2) is 42.5 Å². The summed E-state index contributed by atoms with van der Waals surface area (Å²) in [4.78, 5) is 15.7. The predicted molar refractivity (Wildman–Crippen MR) is 103 cm³/mol. The molecule has 0 saturated heterocycles. The van der Waals surface area contributed by atoms with Crippen molar-refractivity contribution < 1.29 is 9.90 Å². The maximum Gasteiger partial charge on any atom is 0.335 e. The monoisotopic (exact) mass is 339 g/mol. The number of rotatable bonds is 11. The van der Waals surface area contributed by atoms with Crippen molar-refractivity contribution in [2.24, 2.45) is 0 Å². The first-order valence-electron chi connectivity index (χ1n) is 9.50. The molecule has 0 atom stereocenters. The van der Waals surface area contributed by atoms with Crippen molar-refractivity contribution in [2.45, 2.75) is 64.7 Å². The van der Waals surface area contributed by atoms with E-state index in [9.17, 15) is 4.79 Å². The number of aromatic nitrogens is 1. The SMILES string of the molecule is CCCCCCCCCCc1cccc(-c2ccc(C(=O)O)cc2)n1. The average molecular weight is 339 g/mol. The molecule has 3 nitrogen and oxygen atoms in total. The standard InChI is InChI=1S/C22H29NO2/c1-2-3-4-5-6-7-8-9-11-20-12-10-13-21(23-20)18-14-16-19(17-15-18)22(24)25/h10,12-17H,2-9,11H2,1H3,(H,24,25). The molecule has 1 heterocycles. The molecule has 134 valence electrons. The number of aromatic carboxylic acids is 1. The van der Waals surface area contributed by atoms with E-state index < -0.39 is 5.97 Å². The van der Waals surface area contributed by atoms with Gasteiger partial charge in [0, 0.05) is 11.3 Å². The minimum atomic E-state index is -0.900. The number of aryl methyl sites for hydroxylation is 1. The lowest BCUT2D eigenvalue weighted by atomic mass is 10.1. The molecule has 0 aliphatic heterocycles. The van der Waals surface area contributed by atoms with E-state index in [1.165, 1.54) is 51.4 Å². The smallest absolute Gasteiger partial charge is 0.335 e. The van der Waals surface area contributed by atoms with E-state index in [-0.39, 0.29) is 0 Å². The molecule has 3 heteroatoms. The summed E-state index contributed by atoms with van der Waals surface area (Å²) in [5.74, 6) is -0.900. The molecule has 2 rings (SSSR count). The Morgan fingerprint density at radius 3 is 2.16 bits per heavy atom. The largest absolute Gasteiger partial charge is 0.478 e. The molecule has 0 radical (unpaired) electrons. The van der Waals surface area contributed by atoms with E-state index in [0.29, 0.717) is 5.56 Å². The van der Waals surface area contributed by atoms with Gasteiger partial charge >= 0.3 is 5.97 Å². The summed E-state index contributed by atoms with van der Waals surface area (Å²) in [6.07, 6.45) is 11.5. The molecule has 2 aromatic rings. The first kappa shape index (κ1) is 19.2. The first-order chi connectivity index (χ1) is 12.2. The van der Waals surface area contributed by atoms with Gasteiger partial charge in [-0.2, -0.15) is 0 Å². The Morgan fingerprint density at radius 2 is 1.52 bits per heavy atom. The lowest BCUT2D eigenvalue weighted by Gasteiger charge is -2.06. The topological polar surface area (TPSA) is 50.2 Å². The van der Waals surface area contributed by atoms with Gasteiger partial charge in [0.25, 0.3) is 0 Å². The van der Waals surface area contributed by atoms with Crippen molar-refractivity contribution in [2.75, 3.05) is 0 Å². The molecule has 1 aromatic carbocycles. The van der Waals surface area contributed by atoms with E-state index in [0.717, 1.165) is 23.4 Å². The lowest BCUT2D eigenvalue weighted by molar-refractivity contribution is 0.0697. The Hall–Kier alpha value is -2.16. The third kappa shape index (κ3) is 6.69. The molecule has 0 unspecified atom stereocenters. The Balaban J connectivity index is 1.80. The van der Waals surface area contributed by atoms with Crippen LogP contribution in [0, 0.1) is 0 Å². The van der Waals surface area contributed by atoms with Crippen LogP contribution in [-0.4, -0.2) is 16.1 Å². The van der Waals surface area contributed by atoms with Crippen molar-refractivity contribution in [3.8, 4) is 11.3 Å². The van der Waals surface area contributed by atoms with Gasteiger partial charge in [0.2, 0.25) is 0 Å². The number of nitrogens with zero attached hydrogens (tertiary/aromatic N) is 1. The fourth-order valence-electron chi connectivity index (χ4n) is 3.00. The summed E-state index contributed by atoms with van der Waals surface area (Å²) in [7, 11) is 0. The number of hydrogen-bond acceptors (Lipinski definition) is 2. The second-order valence-corrected chi connectivity index (χ2v) is 6.62. The van der Waals surface area contributed by atoms with Gasteiger partial charge in [0.15, 0.2) is 0 Å². The summed E-state index contributed by atoms with van der Waals surface area (Å²) in [5, 5.41) is 8.98. The van der Waals surface area contributed by atoms with Crippen molar-refractivity contribution in [1.82, 2.24) is 4.98 Å². The molecule has 1 aromatic heterocycles. The molecular weight excluding hydrogens is 310 g/mol. The van der Waals surface area contributed by atoms with E-state index >= 15 is 0 Å². The van der Waals surface area contributed by atoms with Gasteiger partial charge in [0.05, 0.1) is 11.3 Å². The van der Waals surface area contributed by atoms with Crippen LogP contribution in [-0.2, 0) is 6.42 Å². The van der Waals surface area contributed by atoms with Gasteiger partial charge in [-0.25, -0.2) is 4.79 Å². The summed E-state index contributed by atoms with van der Waals surface area (Å²) in [5.41, 5.74) is 3.29. The fourth-order valence-corrected chi connectivity index (χ4v) is 3.00. The zero-order chi connectivity index (χ0) is 17.9. The normalized spacial score (nSPS) is 10.8. The number of carboxylic acid groups (broad SMARTS) is 1. The van der Waals surface area contributed by atoms with Crippen molar-refractivity contribution in [3.05, 3.63) is 53.7 Å². The van der Waals surface area contributed by atoms with Gasteiger partial charge in [-0.3, -0.25) is 4.98 Å². The molecule has 25 heavy (non-hydrogen) atoms. The fraction of sp³-hybridized carbons (Fsp3) is 0.455. The van der Waals surface area contributed by atoms with Crippen molar-refractivity contribution in [3.63, 3.8) is 0 Å². The second-order valence-electron chi connectivity index (χ2n) is 6.62. The number of pyridine rings is 1. The van der Waals surface area contributed by atoms with Crippen LogP contribution in [0.25, 0.3) is 11.3 Å². The summed E-state index contributed by atoms with van der Waals surface area (Å²) < 4.78 is 0. The Kier molecular flexibility index (Phi) is 8.17. The molecule has 0 amide bonds. The van der Waals surface area contributed by atoms with Gasteiger partial charge < -0.3 is 5.11 Å². The Bertz CT molecular complexity index is 649. The van der Waals surface area contributed by atoms with Crippen LogP contribution in [0.5, 0.6) is 0 Å². The summed E-state index contributed by atoms with van der Waals surface area (Å²) in [6.45, 7) is 2.25. The summed E-state index contributed by atoms with van der Waals surface area (Å²) >= 11 is 0. The maximum absolute atomic E-state index is 10.9. The quantitative estimate of drug-likeness (QED) is 0.501. The highest BCUT2D eigenvalue weighted by Gasteiger charge is 2.05. The Labute approximate surface area is 151 Å². The van der Waals surface area contributed by atoms with Crippen LogP contribution in [0.3, 0.4) is 0 Å². The lowest BCUT2D eigenvalue weighted by Crippen LogP contribution is -1.96. The Morgan fingerprint density at radius 1 is 0.880 bits per heavy atom. The minimum absolute atomic E-state index is 0.304. The van der Waals surface area contributed by atoms with Gasteiger partial charge in [-0.05, 0) is 37.1 Å². The molecule has 0 aliphatic carbocycles. The summed E-state index contributed by atoms with van der Waals surface area (Å²) in [6, 6.07) is 13.0. The van der Waals surface area contributed by atoms with Gasteiger partial charge in [-0.1, -0.05) is 70.1 Å². The highest BCUT2D eigenvalue weighted by atomic mass is 16.4. The number of carboxylic acids is 1. The van der Waals surface area contributed by atoms with Crippen LogP contribution in [0.1, 0.15) is 74.3 Å². The number of hydrogen-bond donors (Lipinski definition) is 1. The molecule has 0 fully saturated rings. The van der Waals surface area contributed by atoms with E-state index in [2.05, 4.69) is 13.0 Å². The van der Waals surface area contributed by atoms with E-state index in [4.69, 9.17) is 10.1 Å². The van der Waals surface area contributed by atoms with Gasteiger partial charge in [-0.15, -0.1) is 0 Å². The van der Waals surface area contributed by atoms with Crippen LogP contribution >= 0.6 is 0 Å². The van der Waals surface area contributed by atoms with Crippen molar-refractivity contribution >= 4 is 5.97 Å². The highest BCUT2D eigenvalue weighted by molar-refractivity contribution is 5.88. The maximum atomic E-state index is 10.9. The molecule has 0 spiro atoms. The van der Waals surface area contributed by atoms with E-state index in [1.807, 2.05) is 24.3 Å². The third-order valence-corrected chi connectivity index (χ3v) is 4.52. The predicted octanol–water partition coefficient (Wildman–Crippen LogP) is 6.13. The van der Waals surface area contributed by atoms with Crippen LogP contribution in [0.2, 0.25) is 0 Å². The van der Waals surface area contributed by atoms with Crippen LogP contribution < -0.4 is 0 Å².